The van der Waals surface area contributed by atoms with Crippen LogP contribution in [-0.4, -0.2) is 11.8 Å². The van der Waals surface area contributed by atoms with E-state index in [1.54, 1.807) is 0 Å². The fourth-order valence-electron chi connectivity index (χ4n) is 5.39. The van der Waals surface area contributed by atoms with Crippen LogP contribution in [0.4, 0.5) is 5.69 Å². The van der Waals surface area contributed by atoms with Gasteiger partial charge in [0.1, 0.15) is 0 Å². The Kier molecular flexibility index (Phi) is 2.53. The molecule has 3 nitrogen and oxygen atoms in total. The van der Waals surface area contributed by atoms with Gasteiger partial charge in [0.05, 0.1) is 0 Å². The normalized spacial score (nSPS) is 41.9. The average Bonchev–Trinajstić information content (AvgIpc) is 2.43. The first-order chi connectivity index (χ1) is 9.60. The summed E-state index contributed by atoms with van der Waals surface area (Å²) in [5.41, 5.74) is 13.5. The molecule has 3 unspecified atom stereocenters. The molecule has 4 saturated carbocycles. The fraction of sp³-hybridized carbons (Fsp3) is 0.588. The number of carbonyl (C=O) groups is 1. The maximum atomic E-state index is 13.2. The minimum atomic E-state index is -0.329. The summed E-state index contributed by atoms with van der Waals surface area (Å²) in [5, 5.41) is 0. The molecule has 4 bridgehead atoms. The summed E-state index contributed by atoms with van der Waals surface area (Å²) >= 11 is 0. The van der Waals surface area contributed by atoms with Gasteiger partial charge in [-0.1, -0.05) is 12.1 Å². The van der Waals surface area contributed by atoms with Gasteiger partial charge in [-0.3, -0.25) is 4.79 Å². The lowest BCUT2D eigenvalue weighted by Crippen LogP contribution is -2.62. The molecule has 0 radical (unpaired) electrons. The van der Waals surface area contributed by atoms with Crippen LogP contribution in [0.15, 0.2) is 24.3 Å². The molecule has 0 saturated heterocycles. The second-order valence-corrected chi connectivity index (χ2v) is 7.21. The van der Waals surface area contributed by atoms with Gasteiger partial charge >= 0.3 is 0 Å². The zero-order chi connectivity index (χ0) is 13.9. The summed E-state index contributed by atoms with van der Waals surface area (Å²) in [4.78, 5) is 13.2. The molecular formula is C17H22N2O. The van der Waals surface area contributed by atoms with Crippen molar-refractivity contribution < 1.29 is 4.79 Å². The Morgan fingerprint density at radius 3 is 2.40 bits per heavy atom. The van der Waals surface area contributed by atoms with Crippen molar-refractivity contribution in [1.29, 1.82) is 0 Å². The summed E-state index contributed by atoms with van der Waals surface area (Å²) in [6.07, 6.45) is 5.74. The smallest absolute Gasteiger partial charge is 0.172 e. The second kappa shape index (κ2) is 4.08. The zero-order valence-electron chi connectivity index (χ0n) is 11.7. The van der Waals surface area contributed by atoms with E-state index < -0.39 is 0 Å². The van der Waals surface area contributed by atoms with Gasteiger partial charge in [0.15, 0.2) is 5.78 Å². The van der Waals surface area contributed by atoms with E-state index in [4.69, 9.17) is 11.5 Å². The monoisotopic (exact) mass is 270 g/mol. The van der Waals surface area contributed by atoms with Crippen LogP contribution in [0.1, 0.15) is 42.5 Å². The maximum absolute atomic E-state index is 13.2. The third kappa shape index (κ3) is 1.53. The number of nitrogens with two attached hydrogens (primary N) is 2. The summed E-state index contributed by atoms with van der Waals surface area (Å²) in [5.74, 6) is 2.18. The van der Waals surface area contributed by atoms with E-state index in [1.807, 2.05) is 24.3 Å². The van der Waals surface area contributed by atoms with Gasteiger partial charge in [-0.2, -0.15) is 0 Å². The highest BCUT2D eigenvalue weighted by molar-refractivity contribution is 6.05. The van der Waals surface area contributed by atoms with E-state index in [0.717, 1.165) is 12.8 Å². The zero-order valence-corrected chi connectivity index (χ0v) is 11.7. The van der Waals surface area contributed by atoms with Gasteiger partial charge in [0, 0.05) is 22.7 Å². The van der Waals surface area contributed by atoms with Crippen LogP contribution in [-0.2, 0) is 0 Å². The van der Waals surface area contributed by atoms with Crippen LogP contribution >= 0.6 is 0 Å². The Bertz CT molecular complexity index is 554. The van der Waals surface area contributed by atoms with Crippen LogP contribution < -0.4 is 11.5 Å². The first kappa shape index (κ1) is 12.4. The molecule has 4 N–H and O–H groups in total. The molecule has 20 heavy (non-hydrogen) atoms. The Morgan fingerprint density at radius 1 is 1.10 bits per heavy atom. The number of hydrogen-bond donors (Lipinski definition) is 2. The third-order valence-corrected chi connectivity index (χ3v) is 6.05. The molecule has 106 valence electrons. The molecule has 4 aliphatic rings. The van der Waals surface area contributed by atoms with E-state index in [1.165, 1.54) is 19.3 Å². The fourth-order valence-corrected chi connectivity index (χ4v) is 5.39. The number of Topliss-reactive ketones (excluding diaryl/α,β-unsaturated/α-hetero) is 1. The van der Waals surface area contributed by atoms with E-state index >= 15 is 0 Å². The first-order valence-corrected chi connectivity index (χ1v) is 7.75. The van der Waals surface area contributed by atoms with Gasteiger partial charge in [-0.15, -0.1) is 0 Å². The summed E-state index contributed by atoms with van der Waals surface area (Å²) in [7, 11) is 0. The average molecular weight is 270 g/mol. The van der Waals surface area contributed by atoms with Gasteiger partial charge in [-0.25, -0.2) is 0 Å². The quantitative estimate of drug-likeness (QED) is 0.641. The topological polar surface area (TPSA) is 69.1 Å². The molecule has 0 aromatic heterocycles. The molecule has 5 rings (SSSR count). The predicted molar refractivity (Wildman–Crippen MR) is 79.1 cm³/mol. The van der Waals surface area contributed by atoms with Crippen molar-refractivity contribution in [3.05, 3.63) is 29.8 Å². The summed E-state index contributed by atoms with van der Waals surface area (Å²) in [6, 6.07) is 7.49. The highest BCUT2D eigenvalue weighted by Gasteiger charge is 2.59. The van der Waals surface area contributed by atoms with Crippen molar-refractivity contribution in [1.82, 2.24) is 0 Å². The second-order valence-electron chi connectivity index (χ2n) is 7.21. The van der Waals surface area contributed by atoms with E-state index in [-0.39, 0.29) is 17.2 Å². The van der Waals surface area contributed by atoms with Crippen LogP contribution in [0.5, 0.6) is 0 Å². The first-order valence-electron chi connectivity index (χ1n) is 7.75. The molecule has 0 heterocycles. The van der Waals surface area contributed by atoms with Gasteiger partial charge in [0.2, 0.25) is 0 Å². The van der Waals surface area contributed by atoms with Crippen LogP contribution in [0, 0.1) is 23.2 Å². The number of nitrogen functional groups attached to an aromatic ring is 1. The number of hydrogen-bond acceptors (Lipinski definition) is 3. The van der Waals surface area contributed by atoms with Crippen molar-refractivity contribution in [2.45, 2.75) is 38.1 Å². The maximum Gasteiger partial charge on any atom is 0.172 e. The van der Waals surface area contributed by atoms with E-state index in [2.05, 4.69) is 0 Å². The predicted octanol–water partition coefficient (Wildman–Crippen LogP) is 2.61. The molecule has 1 aromatic rings. The Hall–Kier alpha value is -1.35. The van der Waals surface area contributed by atoms with Gasteiger partial charge in [-0.05, 0) is 62.0 Å². The standard InChI is InChI=1S/C17H22N2O/c18-14-4-2-1-3-13(14)16(20)17-8-10-5-11(9-17)7-12(6-10)15(17)19/h1-4,10-12,15H,5-9,18-19H2. The largest absolute Gasteiger partial charge is 0.398 e. The Balaban J connectivity index is 1.77. The minimum absolute atomic E-state index is 0.0300. The number of ketones is 1. The van der Waals surface area contributed by atoms with Crippen LogP contribution in [0.25, 0.3) is 0 Å². The molecule has 1 aromatic carbocycles. The van der Waals surface area contributed by atoms with Crippen molar-refractivity contribution in [3.8, 4) is 0 Å². The highest BCUT2D eigenvalue weighted by Crippen LogP contribution is 2.60. The van der Waals surface area contributed by atoms with Crippen molar-refractivity contribution >= 4 is 11.5 Å². The van der Waals surface area contributed by atoms with E-state index in [9.17, 15) is 4.79 Å². The Morgan fingerprint density at radius 2 is 1.75 bits per heavy atom. The SMILES string of the molecule is Nc1ccccc1C(=O)C12CC3CC(CC(C3)C1N)C2. The van der Waals surface area contributed by atoms with Crippen molar-refractivity contribution in [3.63, 3.8) is 0 Å². The lowest BCUT2D eigenvalue weighted by molar-refractivity contribution is -0.0521. The third-order valence-electron chi connectivity index (χ3n) is 6.05. The molecular weight excluding hydrogens is 248 g/mol. The lowest BCUT2D eigenvalue weighted by atomic mass is 9.46. The van der Waals surface area contributed by atoms with E-state index in [0.29, 0.717) is 29.0 Å². The minimum Gasteiger partial charge on any atom is -0.398 e. The van der Waals surface area contributed by atoms with Gasteiger partial charge in [0.25, 0.3) is 0 Å². The van der Waals surface area contributed by atoms with Gasteiger partial charge < -0.3 is 11.5 Å². The number of carbonyl (C=O) groups excluding carboxylic acids is 1. The number of rotatable bonds is 2. The lowest BCUT2D eigenvalue weighted by Gasteiger charge is -2.59. The molecule has 0 spiro atoms. The van der Waals surface area contributed by atoms with Crippen LogP contribution in [0.3, 0.4) is 0 Å². The number of anilines is 1. The Labute approximate surface area is 119 Å². The molecule has 4 fully saturated rings. The molecule has 3 heteroatoms. The summed E-state index contributed by atoms with van der Waals surface area (Å²) < 4.78 is 0. The molecule has 0 amide bonds. The molecule has 4 aliphatic carbocycles. The van der Waals surface area contributed by atoms with Crippen molar-refractivity contribution in [2.24, 2.45) is 28.9 Å². The number of benzene rings is 1. The van der Waals surface area contributed by atoms with Crippen molar-refractivity contribution in [2.75, 3.05) is 5.73 Å². The van der Waals surface area contributed by atoms with Crippen LogP contribution in [0.2, 0.25) is 0 Å². The molecule has 0 aliphatic heterocycles. The summed E-state index contributed by atoms with van der Waals surface area (Å²) in [6.45, 7) is 0. The molecule has 3 atom stereocenters. The number of para-hydroxylation sites is 1. The highest BCUT2D eigenvalue weighted by atomic mass is 16.1.